The summed E-state index contributed by atoms with van der Waals surface area (Å²) in [6.45, 7) is 11.9. The van der Waals surface area contributed by atoms with Crippen LogP contribution in [0.2, 0.25) is 0 Å². The molecule has 0 saturated heterocycles. The van der Waals surface area contributed by atoms with Crippen LogP contribution in [0, 0.1) is 11.3 Å². The number of fused-ring (bicyclic) bond motifs is 3. The molecule has 0 saturated carbocycles. The van der Waals surface area contributed by atoms with E-state index in [1.165, 1.54) is 9.56 Å². The summed E-state index contributed by atoms with van der Waals surface area (Å²) in [4.78, 5) is 29.0. The molecule has 1 aliphatic carbocycles. The average Bonchev–Trinajstić information content (AvgIpc) is 2.96. The summed E-state index contributed by atoms with van der Waals surface area (Å²) < 4.78 is 1.23. The molecule has 6 nitrogen and oxygen atoms in total. The standard InChI is InChI=1S/C19H28N4O2S/c1-6-22(7-2)15(24)11-23-18(25)16-13-9-8-12(19(3,4)5)10-14(13)26-17(16)20-21-23/h12H,6-11H2,1-5H3/t12-/m1/s1. The van der Waals surface area contributed by atoms with Crippen molar-refractivity contribution in [3.63, 3.8) is 0 Å². The van der Waals surface area contributed by atoms with Crippen molar-refractivity contribution in [3.05, 3.63) is 20.8 Å². The Morgan fingerprint density at radius 3 is 2.62 bits per heavy atom. The van der Waals surface area contributed by atoms with Gasteiger partial charge in [-0.15, -0.1) is 16.4 Å². The van der Waals surface area contributed by atoms with Crippen LogP contribution in [0.3, 0.4) is 0 Å². The largest absolute Gasteiger partial charge is 0.342 e. The minimum absolute atomic E-state index is 0.0430. The molecule has 0 fully saturated rings. The maximum atomic E-state index is 13.0. The van der Waals surface area contributed by atoms with Crippen LogP contribution in [0.4, 0.5) is 0 Å². The zero-order valence-corrected chi connectivity index (χ0v) is 17.2. The van der Waals surface area contributed by atoms with E-state index in [1.54, 1.807) is 16.2 Å². The quantitative estimate of drug-likeness (QED) is 0.823. The maximum absolute atomic E-state index is 13.0. The molecule has 0 aliphatic heterocycles. The van der Waals surface area contributed by atoms with Crippen molar-refractivity contribution in [1.29, 1.82) is 0 Å². The number of rotatable bonds is 4. The van der Waals surface area contributed by atoms with Gasteiger partial charge in [-0.3, -0.25) is 9.59 Å². The van der Waals surface area contributed by atoms with E-state index in [2.05, 4.69) is 31.1 Å². The molecule has 0 radical (unpaired) electrons. The highest BCUT2D eigenvalue weighted by Gasteiger charge is 2.32. The lowest BCUT2D eigenvalue weighted by Crippen LogP contribution is -2.37. The van der Waals surface area contributed by atoms with Crippen LogP contribution in [0.15, 0.2) is 4.79 Å². The second-order valence-electron chi connectivity index (χ2n) is 8.11. The van der Waals surface area contributed by atoms with E-state index >= 15 is 0 Å². The third kappa shape index (κ3) is 3.41. The van der Waals surface area contributed by atoms with Crippen molar-refractivity contribution in [3.8, 4) is 0 Å². The van der Waals surface area contributed by atoms with E-state index in [1.807, 2.05) is 13.8 Å². The monoisotopic (exact) mass is 376 g/mol. The minimum Gasteiger partial charge on any atom is -0.342 e. The van der Waals surface area contributed by atoms with E-state index in [-0.39, 0.29) is 23.4 Å². The molecule has 0 spiro atoms. The van der Waals surface area contributed by atoms with E-state index in [0.29, 0.717) is 29.2 Å². The highest BCUT2D eigenvalue weighted by Crippen LogP contribution is 2.41. The molecule has 0 N–H and O–H groups in total. The fourth-order valence-electron chi connectivity index (χ4n) is 3.77. The molecular weight excluding hydrogens is 348 g/mol. The summed E-state index contributed by atoms with van der Waals surface area (Å²) >= 11 is 1.59. The number of hydrogen-bond acceptors (Lipinski definition) is 5. The molecule has 0 bridgehead atoms. The van der Waals surface area contributed by atoms with Gasteiger partial charge in [-0.1, -0.05) is 26.0 Å². The number of carbonyl (C=O) groups is 1. The number of aromatic nitrogens is 3. The predicted molar refractivity (Wildman–Crippen MR) is 105 cm³/mol. The van der Waals surface area contributed by atoms with Crippen molar-refractivity contribution < 1.29 is 4.79 Å². The summed E-state index contributed by atoms with van der Waals surface area (Å²) in [6, 6.07) is 0. The van der Waals surface area contributed by atoms with Crippen LogP contribution in [-0.2, 0) is 24.2 Å². The van der Waals surface area contributed by atoms with Crippen LogP contribution in [0.25, 0.3) is 10.2 Å². The van der Waals surface area contributed by atoms with Gasteiger partial charge in [0.25, 0.3) is 5.56 Å². The fraction of sp³-hybridized carbons (Fsp3) is 0.684. The molecule has 1 aliphatic rings. The van der Waals surface area contributed by atoms with Crippen molar-refractivity contribution in [2.24, 2.45) is 11.3 Å². The normalized spacial score (nSPS) is 17.3. The van der Waals surface area contributed by atoms with Crippen molar-refractivity contribution >= 4 is 27.5 Å². The van der Waals surface area contributed by atoms with Crippen molar-refractivity contribution in [2.45, 2.75) is 60.4 Å². The van der Waals surface area contributed by atoms with Gasteiger partial charge in [0.15, 0.2) is 4.83 Å². The van der Waals surface area contributed by atoms with Gasteiger partial charge < -0.3 is 4.90 Å². The first-order valence-corrected chi connectivity index (χ1v) is 10.2. The molecule has 1 amide bonds. The first-order chi connectivity index (χ1) is 12.3. The summed E-state index contributed by atoms with van der Waals surface area (Å²) in [7, 11) is 0. The van der Waals surface area contributed by atoms with E-state index in [0.717, 1.165) is 24.8 Å². The molecule has 2 aromatic rings. The van der Waals surface area contributed by atoms with Crippen molar-refractivity contribution in [2.75, 3.05) is 13.1 Å². The predicted octanol–water partition coefficient (Wildman–Crippen LogP) is 2.87. The smallest absolute Gasteiger partial charge is 0.279 e. The SMILES string of the molecule is CCN(CC)C(=O)Cn1nnc2sc3c(c2c1=O)CC[C@@H](C(C)(C)C)C3. The molecule has 3 rings (SSSR count). The highest BCUT2D eigenvalue weighted by molar-refractivity contribution is 7.18. The maximum Gasteiger partial charge on any atom is 0.279 e. The van der Waals surface area contributed by atoms with Crippen LogP contribution in [-0.4, -0.2) is 38.9 Å². The summed E-state index contributed by atoms with van der Waals surface area (Å²) in [5.74, 6) is 0.519. The van der Waals surface area contributed by atoms with Crippen LogP contribution >= 0.6 is 11.3 Å². The minimum atomic E-state index is -0.179. The van der Waals surface area contributed by atoms with Crippen LogP contribution in [0.5, 0.6) is 0 Å². The zero-order chi connectivity index (χ0) is 19.1. The van der Waals surface area contributed by atoms with Crippen LogP contribution in [0.1, 0.15) is 51.5 Å². The lowest BCUT2D eigenvalue weighted by Gasteiger charge is -2.33. The Morgan fingerprint density at radius 2 is 2.00 bits per heavy atom. The number of aryl methyl sites for hydroxylation is 1. The molecule has 0 unspecified atom stereocenters. The number of thiophene rings is 1. The Kier molecular flexibility index (Phi) is 5.19. The summed E-state index contributed by atoms with van der Waals surface area (Å²) in [5, 5.41) is 8.96. The number of likely N-dealkylation sites (N-methyl/N-ethyl adjacent to an activating group) is 1. The molecule has 2 aromatic heterocycles. The van der Waals surface area contributed by atoms with Crippen LogP contribution < -0.4 is 5.56 Å². The molecule has 1 atom stereocenters. The second-order valence-corrected chi connectivity index (χ2v) is 9.19. The molecule has 26 heavy (non-hydrogen) atoms. The molecule has 0 aromatic carbocycles. The lowest BCUT2D eigenvalue weighted by atomic mass is 9.72. The zero-order valence-electron chi connectivity index (χ0n) is 16.3. The number of carbonyl (C=O) groups excluding carboxylic acids is 1. The third-order valence-electron chi connectivity index (χ3n) is 5.56. The van der Waals surface area contributed by atoms with Gasteiger partial charge in [0.1, 0.15) is 6.54 Å². The molecule has 2 heterocycles. The Bertz CT molecular complexity index is 874. The first-order valence-electron chi connectivity index (χ1n) is 9.42. The van der Waals surface area contributed by atoms with Gasteiger partial charge in [-0.2, -0.15) is 0 Å². The molecular formula is C19H28N4O2S. The average molecular weight is 377 g/mol. The van der Waals surface area contributed by atoms with E-state index < -0.39 is 0 Å². The van der Waals surface area contributed by atoms with Crippen molar-refractivity contribution in [1.82, 2.24) is 19.9 Å². The Hall–Kier alpha value is -1.76. The number of nitrogens with zero attached hydrogens (tertiary/aromatic N) is 4. The highest BCUT2D eigenvalue weighted by atomic mass is 32.1. The Balaban J connectivity index is 1.96. The molecule has 142 valence electrons. The van der Waals surface area contributed by atoms with Gasteiger partial charge in [0.2, 0.25) is 5.91 Å². The first kappa shape index (κ1) is 19.0. The van der Waals surface area contributed by atoms with Gasteiger partial charge in [0, 0.05) is 18.0 Å². The Labute approximate surface area is 158 Å². The van der Waals surface area contributed by atoms with E-state index in [9.17, 15) is 9.59 Å². The topological polar surface area (TPSA) is 68.1 Å². The third-order valence-corrected chi connectivity index (χ3v) is 6.70. The van der Waals surface area contributed by atoms with E-state index in [4.69, 9.17) is 0 Å². The summed E-state index contributed by atoms with van der Waals surface area (Å²) in [5.41, 5.74) is 1.22. The van der Waals surface area contributed by atoms with Gasteiger partial charge in [-0.05, 0) is 50.0 Å². The Morgan fingerprint density at radius 1 is 1.31 bits per heavy atom. The second kappa shape index (κ2) is 7.10. The van der Waals surface area contributed by atoms with Gasteiger partial charge in [0.05, 0.1) is 5.39 Å². The van der Waals surface area contributed by atoms with Gasteiger partial charge >= 0.3 is 0 Å². The fourth-order valence-corrected chi connectivity index (χ4v) is 5.01. The molecule has 7 heteroatoms. The number of amides is 1. The van der Waals surface area contributed by atoms with Gasteiger partial charge in [-0.25, -0.2) is 4.68 Å². The lowest BCUT2D eigenvalue weighted by molar-refractivity contribution is -0.131. The summed E-state index contributed by atoms with van der Waals surface area (Å²) in [6.07, 6.45) is 2.99. The number of hydrogen-bond donors (Lipinski definition) is 0.